The Balaban J connectivity index is 2.22. The molecule has 0 bridgehead atoms. The number of carbonyl (C=O) groups is 1. The van der Waals surface area contributed by atoms with Crippen molar-refractivity contribution in [2.24, 2.45) is 5.92 Å². The molecule has 1 aliphatic rings. The number of nitrogens with zero attached hydrogens (tertiary/aromatic N) is 2. The normalized spacial score (nSPS) is 18.8. The molecule has 1 saturated heterocycles. The molecule has 0 N–H and O–H groups in total. The molecule has 1 aromatic carbocycles. The van der Waals surface area contributed by atoms with E-state index in [0.717, 1.165) is 12.0 Å². The number of ether oxygens (including phenoxy) is 1. The van der Waals surface area contributed by atoms with Gasteiger partial charge in [-0.25, -0.2) is 8.42 Å². The first-order valence-corrected chi connectivity index (χ1v) is 10.2. The highest BCUT2D eigenvalue weighted by molar-refractivity contribution is 7.89. The molecule has 1 fully saturated rings. The monoisotopic (exact) mass is 368 g/mol. The lowest BCUT2D eigenvalue weighted by molar-refractivity contribution is -0.136. The number of aryl methyl sites for hydroxylation is 1. The molecule has 140 valence electrons. The van der Waals surface area contributed by atoms with Crippen molar-refractivity contribution in [1.29, 1.82) is 0 Å². The average molecular weight is 368 g/mol. The van der Waals surface area contributed by atoms with Crippen LogP contribution in [0.3, 0.4) is 0 Å². The van der Waals surface area contributed by atoms with Gasteiger partial charge in [0.05, 0.1) is 17.9 Å². The third-order valence-corrected chi connectivity index (χ3v) is 6.67. The quantitative estimate of drug-likeness (QED) is 0.773. The van der Waals surface area contributed by atoms with E-state index in [1.165, 1.54) is 4.31 Å². The van der Waals surface area contributed by atoms with Gasteiger partial charge in [-0.05, 0) is 57.4 Å². The number of carbonyl (C=O) groups excluding carboxylic acids is 1. The summed E-state index contributed by atoms with van der Waals surface area (Å²) in [6.45, 7) is 7.71. The zero-order chi connectivity index (χ0) is 18.6. The Morgan fingerprint density at radius 1 is 1.32 bits per heavy atom. The summed E-state index contributed by atoms with van der Waals surface area (Å²) in [4.78, 5) is 14.6. The van der Waals surface area contributed by atoms with Crippen molar-refractivity contribution >= 4 is 15.9 Å². The van der Waals surface area contributed by atoms with Gasteiger partial charge in [-0.3, -0.25) is 4.79 Å². The van der Waals surface area contributed by atoms with Crippen LogP contribution >= 0.6 is 0 Å². The summed E-state index contributed by atoms with van der Waals surface area (Å²) in [6.07, 6.45) is 1.44. The van der Waals surface area contributed by atoms with E-state index in [-0.39, 0.29) is 23.3 Å². The number of benzene rings is 1. The highest BCUT2D eigenvalue weighted by Crippen LogP contribution is 2.27. The molecule has 0 radical (unpaired) electrons. The van der Waals surface area contributed by atoms with Gasteiger partial charge in [0.15, 0.2) is 0 Å². The van der Waals surface area contributed by atoms with E-state index in [0.29, 0.717) is 31.8 Å². The predicted molar refractivity (Wildman–Crippen MR) is 97.1 cm³/mol. The van der Waals surface area contributed by atoms with Crippen LogP contribution in [0.25, 0.3) is 0 Å². The van der Waals surface area contributed by atoms with Gasteiger partial charge in [0.25, 0.3) is 0 Å². The zero-order valence-electron chi connectivity index (χ0n) is 15.5. The summed E-state index contributed by atoms with van der Waals surface area (Å²) in [5, 5.41) is 0. The third-order valence-electron chi connectivity index (χ3n) is 4.81. The smallest absolute Gasteiger partial charge is 0.243 e. The van der Waals surface area contributed by atoms with E-state index in [2.05, 4.69) is 0 Å². The van der Waals surface area contributed by atoms with Crippen LogP contribution in [-0.4, -0.2) is 56.8 Å². The molecule has 1 amide bonds. The fraction of sp³-hybridized carbons (Fsp3) is 0.611. The fourth-order valence-corrected chi connectivity index (χ4v) is 4.93. The molecule has 2 rings (SSSR count). The number of methoxy groups -OCH3 is 1. The van der Waals surface area contributed by atoms with E-state index < -0.39 is 10.0 Å². The third kappa shape index (κ3) is 4.15. The maximum absolute atomic E-state index is 13.0. The number of sulfonamides is 1. The topological polar surface area (TPSA) is 66.9 Å². The number of hydrogen-bond acceptors (Lipinski definition) is 4. The lowest BCUT2D eigenvalue weighted by atomic mass is 9.98. The number of amides is 1. The van der Waals surface area contributed by atoms with Gasteiger partial charge in [0.2, 0.25) is 15.9 Å². The molecular formula is C18H28N2O4S. The number of hydrogen-bond donors (Lipinski definition) is 0. The van der Waals surface area contributed by atoms with Crippen molar-refractivity contribution in [3.05, 3.63) is 23.8 Å². The van der Waals surface area contributed by atoms with Gasteiger partial charge >= 0.3 is 0 Å². The Bertz CT molecular complexity index is 714. The highest BCUT2D eigenvalue weighted by atomic mass is 32.2. The summed E-state index contributed by atoms with van der Waals surface area (Å²) in [5.74, 6) is 0.450. The lowest BCUT2D eigenvalue weighted by Gasteiger charge is -2.33. The maximum Gasteiger partial charge on any atom is 0.243 e. The summed E-state index contributed by atoms with van der Waals surface area (Å²) >= 11 is 0. The first-order chi connectivity index (χ1) is 11.8. The summed E-state index contributed by atoms with van der Waals surface area (Å²) < 4.78 is 32.6. The van der Waals surface area contributed by atoms with Gasteiger partial charge in [-0.1, -0.05) is 0 Å². The molecule has 7 heteroatoms. The Morgan fingerprint density at radius 3 is 2.56 bits per heavy atom. The minimum absolute atomic E-state index is 0.0517. The van der Waals surface area contributed by atoms with Crippen molar-refractivity contribution in [2.75, 3.05) is 33.3 Å². The van der Waals surface area contributed by atoms with E-state index in [9.17, 15) is 13.2 Å². The van der Waals surface area contributed by atoms with E-state index >= 15 is 0 Å². The van der Waals surface area contributed by atoms with Gasteiger partial charge < -0.3 is 9.64 Å². The van der Waals surface area contributed by atoms with Crippen LogP contribution in [0, 0.1) is 12.8 Å². The van der Waals surface area contributed by atoms with E-state index in [1.54, 1.807) is 30.2 Å². The largest absolute Gasteiger partial charge is 0.496 e. The molecule has 1 aliphatic heterocycles. The average Bonchev–Trinajstić information content (AvgIpc) is 2.62. The molecule has 1 atom stereocenters. The van der Waals surface area contributed by atoms with Gasteiger partial charge in [-0.15, -0.1) is 0 Å². The first kappa shape index (κ1) is 19.7. The minimum atomic E-state index is -3.61. The molecule has 0 spiro atoms. The Morgan fingerprint density at radius 2 is 2.00 bits per heavy atom. The maximum atomic E-state index is 13.0. The summed E-state index contributed by atoms with van der Waals surface area (Å²) in [7, 11) is -2.05. The van der Waals surface area contributed by atoms with Crippen LogP contribution in [0.1, 0.15) is 32.3 Å². The number of piperidine rings is 1. The van der Waals surface area contributed by atoms with Crippen LogP contribution in [0.15, 0.2) is 23.1 Å². The molecule has 0 unspecified atom stereocenters. The first-order valence-electron chi connectivity index (χ1n) is 8.78. The fourth-order valence-electron chi connectivity index (χ4n) is 3.32. The summed E-state index contributed by atoms with van der Waals surface area (Å²) in [5.41, 5.74) is 0.774. The summed E-state index contributed by atoms with van der Waals surface area (Å²) in [6, 6.07) is 4.87. The van der Waals surface area contributed by atoms with Gasteiger partial charge in [0.1, 0.15) is 5.75 Å². The Labute approximate surface area is 150 Å². The van der Waals surface area contributed by atoms with Crippen LogP contribution in [0.2, 0.25) is 0 Å². The van der Waals surface area contributed by atoms with Crippen LogP contribution < -0.4 is 4.74 Å². The van der Waals surface area contributed by atoms with Gasteiger partial charge in [0, 0.05) is 26.2 Å². The zero-order valence-corrected chi connectivity index (χ0v) is 16.3. The van der Waals surface area contributed by atoms with E-state index in [4.69, 9.17) is 4.74 Å². The minimum Gasteiger partial charge on any atom is -0.496 e. The van der Waals surface area contributed by atoms with Crippen LogP contribution in [0.5, 0.6) is 5.75 Å². The van der Waals surface area contributed by atoms with Crippen LogP contribution in [0.4, 0.5) is 0 Å². The molecule has 6 nitrogen and oxygen atoms in total. The van der Waals surface area contributed by atoms with Crippen molar-refractivity contribution in [2.45, 2.75) is 38.5 Å². The standard InChI is InChI=1S/C18H28N2O4S/c1-5-19(6-2)18(21)15-8-7-11-20(13-15)25(22,23)16-9-10-17(24-4)14(3)12-16/h9-10,12,15H,5-8,11,13H2,1-4H3/t15-/m0/s1. The molecule has 1 aromatic rings. The lowest BCUT2D eigenvalue weighted by Crippen LogP contribution is -2.46. The molecule has 1 heterocycles. The number of rotatable bonds is 6. The van der Waals surface area contributed by atoms with Crippen molar-refractivity contribution in [3.8, 4) is 5.75 Å². The van der Waals surface area contributed by atoms with Crippen molar-refractivity contribution in [1.82, 2.24) is 9.21 Å². The second-order valence-electron chi connectivity index (χ2n) is 6.34. The van der Waals surface area contributed by atoms with Crippen molar-refractivity contribution in [3.63, 3.8) is 0 Å². The van der Waals surface area contributed by atoms with Crippen molar-refractivity contribution < 1.29 is 17.9 Å². The van der Waals surface area contributed by atoms with E-state index in [1.807, 2.05) is 20.8 Å². The molecule has 0 saturated carbocycles. The Kier molecular flexibility index (Phi) is 6.46. The Hall–Kier alpha value is -1.60. The molecule has 25 heavy (non-hydrogen) atoms. The molecule has 0 aromatic heterocycles. The second-order valence-corrected chi connectivity index (χ2v) is 8.28. The predicted octanol–water partition coefficient (Wildman–Crippen LogP) is 2.27. The highest BCUT2D eigenvalue weighted by Gasteiger charge is 2.34. The molecule has 0 aliphatic carbocycles. The SMILES string of the molecule is CCN(CC)C(=O)[C@H]1CCCN(S(=O)(=O)c2ccc(OC)c(C)c2)C1. The van der Waals surface area contributed by atoms with Gasteiger partial charge in [-0.2, -0.15) is 4.31 Å². The van der Waals surface area contributed by atoms with Crippen LogP contribution in [-0.2, 0) is 14.8 Å². The second kappa shape index (κ2) is 8.19. The molecular weight excluding hydrogens is 340 g/mol.